The van der Waals surface area contributed by atoms with Crippen LogP contribution in [0.4, 0.5) is 0 Å². The van der Waals surface area contributed by atoms with Gasteiger partial charge in [-0.05, 0) is 97.3 Å². The third-order valence-electron chi connectivity index (χ3n) is 6.78. The van der Waals surface area contributed by atoms with Crippen molar-refractivity contribution in [2.24, 2.45) is 16.0 Å². The predicted octanol–water partition coefficient (Wildman–Crippen LogP) is 4.47. The van der Waals surface area contributed by atoms with E-state index in [0.29, 0.717) is 35.3 Å². The van der Waals surface area contributed by atoms with Crippen LogP contribution in [-0.4, -0.2) is 27.3 Å². The molecule has 0 fully saturated rings. The van der Waals surface area contributed by atoms with E-state index >= 15 is 0 Å². The maximum absolute atomic E-state index is 13.0. The zero-order valence-corrected chi connectivity index (χ0v) is 25.9. The van der Waals surface area contributed by atoms with Crippen LogP contribution in [0.5, 0.6) is 5.75 Å². The Balaban J connectivity index is 1.72. The Labute approximate surface area is 252 Å². The number of furan rings is 1. The van der Waals surface area contributed by atoms with Crippen molar-refractivity contribution in [3.8, 4) is 5.75 Å². The van der Waals surface area contributed by atoms with E-state index in [-0.39, 0.29) is 12.4 Å². The van der Waals surface area contributed by atoms with Gasteiger partial charge in [-0.1, -0.05) is 36.9 Å². The molecule has 3 aromatic rings. The Morgan fingerprint density at radius 2 is 1.93 bits per heavy atom. The number of nitrogens with one attached hydrogen (secondary N) is 2. The number of nitrogens with two attached hydrogens (primary N) is 2. The van der Waals surface area contributed by atoms with Crippen LogP contribution < -0.4 is 25.6 Å². The molecule has 0 spiro atoms. The molecule has 1 amide bonds. The van der Waals surface area contributed by atoms with Crippen LogP contribution in [0, 0.1) is 13.8 Å². The standard InChI is InChI=1S/C31H39N5O6S/c1-7-22(30(32)35-42-18-24-12-13-26(40-6)14-19(24)3)11-9-10-21(5)34-28(31(37)36-43(33,38)39)25-15-23(8-2)29-27(16-25)20(4)17-41-29/h7,9-10,12-17,28,34H,5,8,11,18H2,1-4,6H3,(H2,32,35)(H,36,37)(H2,33,38,39)/b10-9-,22-7+. The third kappa shape index (κ3) is 8.97. The van der Waals surface area contributed by atoms with E-state index in [1.807, 2.05) is 56.7 Å². The first-order valence-corrected chi connectivity index (χ1v) is 15.1. The summed E-state index contributed by atoms with van der Waals surface area (Å²) in [5.41, 5.74) is 12.2. The van der Waals surface area contributed by atoms with Crippen molar-refractivity contribution in [2.75, 3.05) is 7.11 Å². The van der Waals surface area contributed by atoms with Gasteiger partial charge in [0.2, 0.25) is 0 Å². The lowest BCUT2D eigenvalue weighted by atomic mass is 9.98. The van der Waals surface area contributed by atoms with E-state index in [0.717, 1.165) is 33.4 Å². The summed E-state index contributed by atoms with van der Waals surface area (Å²) in [6.45, 7) is 11.9. The number of amidine groups is 1. The minimum Gasteiger partial charge on any atom is -0.497 e. The van der Waals surface area contributed by atoms with Crippen LogP contribution >= 0.6 is 0 Å². The van der Waals surface area contributed by atoms with Gasteiger partial charge >= 0.3 is 0 Å². The lowest BCUT2D eigenvalue weighted by Gasteiger charge is -2.20. The number of nitrogens with zero attached hydrogens (tertiary/aromatic N) is 1. The molecule has 11 nitrogen and oxygen atoms in total. The number of benzene rings is 2. The number of fused-ring (bicyclic) bond motifs is 1. The first kappa shape index (κ1) is 33.0. The number of methoxy groups -OCH3 is 1. The minimum absolute atomic E-state index is 0.221. The van der Waals surface area contributed by atoms with Crippen LogP contribution in [0.2, 0.25) is 0 Å². The van der Waals surface area contributed by atoms with Gasteiger partial charge in [0.05, 0.1) is 13.4 Å². The summed E-state index contributed by atoms with van der Waals surface area (Å²) in [4.78, 5) is 18.5. The molecular formula is C31H39N5O6S. The van der Waals surface area contributed by atoms with Crippen molar-refractivity contribution in [2.45, 2.75) is 53.2 Å². The molecule has 43 heavy (non-hydrogen) atoms. The molecule has 3 rings (SSSR count). The van der Waals surface area contributed by atoms with Crippen LogP contribution in [0.1, 0.15) is 54.1 Å². The van der Waals surface area contributed by atoms with Crippen molar-refractivity contribution in [1.29, 1.82) is 0 Å². The number of rotatable bonds is 14. The molecule has 0 aliphatic carbocycles. The number of amides is 1. The minimum atomic E-state index is -4.30. The van der Waals surface area contributed by atoms with Crippen molar-refractivity contribution >= 4 is 32.9 Å². The number of aryl methyl sites for hydroxylation is 3. The number of carbonyl (C=O) groups excluding carboxylic acids is 1. The highest BCUT2D eigenvalue weighted by molar-refractivity contribution is 7.87. The highest BCUT2D eigenvalue weighted by Crippen LogP contribution is 2.29. The van der Waals surface area contributed by atoms with Gasteiger partial charge in [-0.3, -0.25) is 4.79 Å². The van der Waals surface area contributed by atoms with Gasteiger partial charge in [0, 0.05) is 11.1 Å². The average molecular weight is 610 g/mol. The number of hydrogen-bond acceptors (Lipinski definition) is 8. The van der Waals surface area contributed by atoms with Gasteiger partial charge in [0.1, 0.15) is 24.0 Å². The molecule has 0 aliphatic heterocycles. The maximum atomic E-state index is 13.0. The highest BCUT2D eigenvalue weighted by Gasteiger charge is 2.25. The summed E-state index contributed by atoms with van der Waals surface area (Å²) in [6, 6.07) is 8.15. The lowest BCUT2D eigenvalue weighted by Crippen LogP contribution is -2.43. The summed E-state index contributed by atoms with van der Waals surface area (Å²) in [6.07, 6.45) is 7.94. The summed E-state index contributed by atoms with van der Waals surface area (Å²) >= 11 is 0. The molecule has 0 saturated heterocycles. The van der Waals surface area contributed by atoms with Crippen LogP contribution in [-0.2, 0) is 32.9 Å². The van der Waals surface area contributed by atoms with E-state index < -0.39 is 22.2 Å². The van der Waals surface area contributed by atoms with Crippen molar-refractivity contribution in [3.63, 3.8) is 0 Å². The van der Waals surface area contributed by atoms with Gasteiger partial charge in [-0.25, -0.2) is 9.86 Å². The summed E-state index contributed by atoms with van der Waals surface area (Å²) in [5, 5.41) is 13.0. The molecule has 2 aromatic carbocycles. The quantitative estimate of drug-likeness (QED) is 0.0897. The molecule has 0 bridgehead atoms. The Bertz CT molecular complexity index is 1690. The Hall–Kier alpha value is -4.55. The fourth-order valence-corrected chi connectivity index (χ4v) is 4.80. The van der Waals surface area contributed by atoms with E-state index in [1.54, 1.807) is 37.7 Å². The molecule has 0 saturated carbocycles. The lowest BCUT2D eigenvalue weighted by molar-refractivity contribution is -0.121. The second-order valence-corrected chi connectivity index (χ2v) is 11.2. The molecule has 1 heterocycles. The smallest absolute Gasteiger partial charge is 0.298 e. The first-order valence-electron chi connectivity index (χ1n) is 13.6. The zero-order chi connectivity index (χ0) is 31.7. The Morgan fingerprint density at radius 1 is 1.19 bits per heavy atom. The Morgan fingerprint density at radius 3 is 2.56 bits per heavy atom. The molecule has 0 aliphatic rings. The fraction of sp³-hybridized carbons (Fsp3) is 0.290. The van der Waals surface area contributed by atoms with Gasteiger partial charge < -0.3 is 25.0 Å². The van der Waals surface area contributed by atoms with Crippen molar-refractivity contribution in [1.82, 2.24) is 10.0 Å². The predicted molar refractivity (Wildman–Crippen MR) is 168 cm³/mol. The molecule has 230 valence electrons. The number of carbonyl (C=O) groups is 1. The third-order valence-corrected chi connectivity index (χ3v) is 7.27. The fourth-order valence-electron chi connectivity index (χ4n) is 4.40. The molecule has 1 aromatic heterocycles. The van der Waals surface area contributed by atoms with Crippen LogP contribution in [0.15, 0.2) is 82.2 Å². The average Bonchev–Trinajstić information content (AvgIpc) is 3.33. The molecule has 1 unspecified atom stereocenters. The topological polar surface area (TPSA) is 171 Å². The molecular weight excluding hydrogens is 570 g/mol. The number of oxime groups is 1. The Kier molecular flexibility index (Phi) is 11.2. The van der Waals surface area contributed by atoms with Gasteiger partial charge in [-0.2, -0.15) is 8.42 Å². The second-order valence-electron chi connectivity index (χ2n) is 9.91. The molecule has 0 radical (unpaired) electrons. The number of allylic oxidation sites excluding steroid dienone is 3. The maximum Gasteiger partial charge on any atom is 0.298 e. The summed E-state index contributed by atoms with van der Waals surface area (Å²) < 4.78 is 36.1. The highest BCUT2D eigenvalue weighted by atomic mass is 32.2. The van der Waals surface area contributed by atoms with E-state index in [1.165, 1.54) is 0 Å². The number of hydrogen-bond donors (Lipinski definition) is 4. The van der Waals surface area contributed by atoms with Crippen LogP contribution in [0.25, 0.3) is 11.0 Å². The van der Waals surface area contributed by atoms with E-state index in [4.69, 9.17) is 24.9 Å². The van der Waals surface area contributed by atoms with E-state index in [2.05, 4.69) is 17.1 Å². The largest absolute Gasteiger partial charge is 0.497 e. The first-order chi connectivity index (χ1) is 20.4. The second kappa shape index (κ2) is 14.6. The van der Waals surface area contributed by atoms with Crippen molar-refractivity contribution < 1.29 is 27.2 Å². The van der Waals surface area contributed by atoms with E-state index in [9.17, 15) is 13.2 Å². The monoisotopic (exact) mass is 609 g/mol. The zero-order valence-electron chi connectivity index (χ0n) is 25.1. The van der Waals surface area contributed by atoms with Gasteiger partial charge in [0.25, 0.3) is 16.1 Å². The molecule has 1 atom stereocenters. The van der Waals surface area contributed by atoms with Gasteiger partial charge in [0.15, 0.2) is 5.84 Å². The van der Waals surface area contributed by atoms with Gasteiger partial charge in [-0.15, -0.1) is 0 Å². The summed E-state index contributed by atoms with van der Waals surface area (Å²) in [5.74, 6) is 0.132. The summed E-state index contributed by atoms with van der Waals surface area (Å²) in [7, 11) is -2.68. The molecule has 6 N–H and O–H groups in total. The molecule has 12 heteroatoms. The number of ether oxygens (including phenoxy) is 1. The SMILES string of the molecule is C=C(/C=C\CC(=C\C)/C(N)=N\OCc1ccc(OC)cc1C)NC(C(=O)NS(N)(=O)=O)c1cc(CC)c2occ(C)c2c1. The van der Waals surface area contributed by atoms with Crippen LogP contribution in [0.3, 0.4) is 0 Å². The van der Waals surface area contributed by atoms with Crippen molar-refractivity contribution in [3.05, 3.63) is 100 Å². The normalized spacial score (nSPS) is 13.3.